The molecule has 0 aliphatic carbocycles. The van der Waals surface area contributed by atoms with E-state index in [4.69, 9.17) is 5.73 Å². The molecular weight excluding hydrogens is 216 g/mol. The minimum absolute atomic E-state index is 0.476. The Bertz CT molecular complexity index is 364. The lowest BCUT2D eigenvalue weighted by Gasteiger charge is -2.26. The van der Waals surface area contributed by atoms with Gasteiger partial charge in [0.2, 0.25) is 0 Å². The summed E-state index contributed by atoms with van der Waals surface area (Å²) in [5.74, 6) is 1.22. The molecule has 0 aromatic carbocycles. The Kier molecular flexibility index (Phi) is 4.69. The molecule has 0 spiro atoms. The van der Waals surface area contributed by atoms with Crippen molar-refractivity contribution in [3.63, 3.8) is 0 Å². The zero-order valence-corrected chi connectivity index (χ0v) is 10.8. The highest BCUT2D eigenvalue weighted by Gasteiger charge is 2.22. The fraction of sp³-hybridized carbons (Fsp3) is 0.667. The van der Waals surface area contributed by atoms with Crippen molar-refractivity contribution in [2.24, 2.45) is 0 Å². The molecule has 17 heavy (non-hydrogen) atoms. The number of aromatic nitrogens is 2. The van der Waals surface area contributed by atoms with Crippen LogP contribution in [0.15, 0.2) is 6.33 Å². The van der Waals surface area contributed by atoms with Crippen LogP contribution in [0, 0.1) is 0 Å². The molecule has 5 heteroatoms. The van der Waals surface area contributed by atoms with E-state index in [9.17, 15) is 5.11 Å². The molecule has 1 rings (SSSR count). The van der Waals surface area contributed by atoms with Crippen molar-refractivity contribution in [1.82, 2.24) is 9.97 Å². The van der Waals surface area contributed by atoms with Crippen molar-refractivity contribution < 1.29 is 5.11 Å². The van der Waals surface area contributed by atoms with E-state index in [-0.39, 0.29) is 0 Å². The van der Waals surface area contributed by atoms with Crippen LogP contribution in [0.2, 0.25) is 0 Å². The van der Waals surface area contributed by atoms with E-state index in [0.717, 1.165) is 17.8 Å². The Hall–Kier alpha value is -1.36. The Balaban J connectivity index is 2.79. The SMILES string of the molecule is CCc1c(N)ncnc1NCC(O)(CC)CC. The summed E-state index contributed by atoms with van der Waals surface area (Å²) in [6.45, 7) is 6.43. The summed E-state index contributed by atoms with van der Waals surface area (Å²) < 4.78 is 0. The van der Waals surface area contributed by atoms with E-state index in [2.05, 4.69) is 15.3 Å². The summed E-state index contributed by atoms with van der Waals surface area (Å²) in [5, 5.41) is 13.4. The van der Waals surface area contributed by atoms with E-state index in [1.54, 1.807) is 0 Å². The second-order valence-corrected chi connectivity index (χ2v) is 4.22. The molecule has 0 radical (unpaired) electrons. The number of hydrogen-bond acceptors (Lipinski definition) is 5. The third kappa shape index (κ3) is 3.30. The van der Waals surface area contributed by atoms with Gasteiger partial charge in [0.1, 0.15) is 18.0 Å². The topological polar surface area (TPSA) is 84.1 Å². The fourth-order valence-corrected chi connectivity index (χ4v) is 1.68. The number of nitrogens with zero attached hydrogens (tertiary/aromatic N) is 2. The molecule has 4 N–H and O–H groups in total. The zero-order valence-electron chi connectivity index (χ0n) is 10.8. The van der Waals surface area contributed by atoms with Crippen LogP contribution in [0.25, 0.3) is 0 Å². The lowest BCUT2D eigenvalue weighted by Crippen LogP contribution is -2.35. The third-order valence-corrected chi connectivity index (χ3v) is 3.23. The average molecular weight is 238 g/mol. The summed E-state index contributed by atoms with van der Waals surface area (Å²) in [6, 6.07) is 0. The number of nitrogens with one attached hydrogen (secondary N) is 1. The van der Waals surface area contributed by atoms with Crippen LogP contribution in [0.5, 0.6) is 0 Å². The molecule has 0 saturated carbocycles. The largest absolute Gasteiger partial charge is 0.388 e. The number of anilines is 2. The van der Waals surface area contributed by atoms with Crippen molar-refractivity contribution in [2.45, 2.75) is 45.6 Å². The van der Waals surface area contributed by atoms with Gasteiger partial charge >= 0.3 is 0 Å². The van der Waals surface area contributed by atoms with E-state index < -0.39 is 5.60 Å². The molecule has 5 nitrogen and oxygen atoms in total. The van der Waals surface area contributed by atoms with Gasteiger partial charge in [0, 0.05) is 12.1 Å². The van der Waals surface area contributed by atoms with Crippen molar-refractivity contribution in [2.75, 3.05) is 17.6 Å². The van der Waals surface area contributed by atoms with Crippen molar-refractivity contribution in [1.29, 1.82) is 0 Å². The average Bonchev–Trinajstić information content (AvgIpc) is 2.36. The quantitative estimate of drug-likeness (QED) is 0.701. The smallest absolute Gasteiger partial charge is 0.134 e. The first-order valence-electron chi connectivity index (χ1n) is 6.11. The van der Waals surface area contributed by atoms with Gasteiger partial charge in [0.25, 0.3) is 0 Å². The summed E-state index contributed by atoms with van der Waals surface area (Å²) in [7, 11) is 0. The van der Waals surface area contributed by atoms with Crippen LogP contribution < -0.4 is 11.1 Å². The first-order valence-corrected chi connectivity index (χ1v) is 6.11. The van der Waals surface area contributed by atoms with Crippen LogP contribution in [-0.2, 0) is 6.42 Å². The van der Waals surface area contributed by atoms with Crippen LogP contribution in [0.4, 0.5) is 11.6 Å². The number of rotatable bonds is 6. The maximum absolute atomic E-state index is 10.2. The predicted octanol–water partition coefficient (Wildman–Crippen LogP) is 1.58. The van der Waals surface area contributed by atoms with Gasteiger partial charge in [-0.05, 0) is 19.3 Å². The second-order valence-electron chi connectivity index (χ2n) is 4.22. The van der Waals surface area contributed by atoms with Gasteiger partial charge in [-0.1, -0.05) is 20.8 Å². The first kappa shape index (κ1) is 13.7. The summed E-state index contributed by atoms with van der Waals surface area (Å²) >= 11 is 0. The third-order valence-electron chi connectivity index (χ3n) is 3.23. The summed E-state index contributed by atoms with van der Waals surface area (Å²) in [4.78, 5) is 8.13. The standard InChI is InChI=1S/C12H22N4O/c1-4-9-10(13)15-8-16-11(9)14-7-12(17,5-2)6-3/h8,17H,4-7H2,1-3H3,(H3,13,14,15,16). The molecule has 1 heterocycles. The number of hydrogen-bond donors (Lipinski definition) is 3. The van der Waals surface area contributed by atoms with Crippen LogP contribution in [-0.4, -0.2) is 27.2 Å². The molecule has 96 valence electrons. The molecule has 1 aromatic heterocycles. The lowest BCUT2D eigenvalue weighted by atomic mass is 9.97. The van der Waals surface area contributed by atoms with Gasteiger partial charge in [-0.2, -0.15) is 0 Å². The van der Waals surface area contributed by atoms with Crippen molar-refractivity contribution >= 4 is 11.6 Å². The fourth-order valence-electron chi connectivity index (χ4n) is 1.68. The molecule has 0 saturated heterocycles. The molecular formula is C12H22N4O. The Labute approximate surface area is 102 Å². The normalized spacial score (nSPS) is 11.5. The molecule has 0 aliphatic rings. The molecule has 0 unspecified atom stereocenters. The van der Waals surface area contributed by atoms with Crippen molar-refractivity contribution in [3.8, 4) is 0 Å². The maximum Gasteiger partial charge on any atom is 0.134 e. The van der Waals surface area contributed by atoms with E-state index in [1.165, 1.54) is 6.33 Å². The lowest BCUT2D eigenvalue weighted by molar-refractivity contribution is 0.0456. The minimum Gasteiger partial charge on any atom is -0.388 e. The highest BCUT2D eigenvalue weighted by atomic mass is 16.3. The monoisotopic (exact) mass is 238 g/mol. The van der Waals surface area contributed by atoms with Gasteiger partial charge in [-0.3, -0.25) is 0 Å². The maximum atomic E-state index is 10.2. The Morgan fingerprint density at radius 3 is 2.47 bits per heavy atom. The molecule has 0 fully saturated rings. The van der Waals surface area contributed by atoms with Crippen LogP contribution in [0.1, 0.15) is 39.2 Å². The van der Waals surface area contributed by atoms with Gasteiger partial charge in [-0.25, -0.2) is 9.97 Å². The molecule has 0 bridgehead atoms. The number of nitrogen functional groups attached to an aromatic ring is 1. The summed E-state index contributed by atoms with van der Waals surface area (Å²) in [5.41, 5.74) is 6.00. The van der Waals surface area contributed by atoms with Crippen LogP contribution >= 0.6 is 0 Å². The minimum atomic E-state index is -0.690. The van der Waals surface area contributed by atoms with Gasteiger partial charge in [-0.15, -0.1) is 0 Å². The Morgan fingerprint density at radius 2 is 1.94 bits per heavy atom. The van der Waals surface area contributed by atoms with Crippen molar-refractivity contribution in [3.05, 3.63) is 11.9 Å². The molecule has 0 aliphatic heterocycles. The van der Waals surface area contributed by atoms with E-state index >= 15 is 0 Å². The van der Waals surface area contributed by atoms with Gasteiger partial charge in [0.15, 0.2) is 0 Å². The summed E-state index contributed by atoms with van der Waals surface area (Å²) in [6.07, 6.45) is 3.62. The molecule has 0 atom stereocenters. The van der Waals surface area contributed by atoms with Gasteiger partial charge < -0.3 is 16.2 Å². The molecule has 1 aromatic rings. The Morgan fingerprint density at radius 1 is 1.29 bits per heavy atom. The van der Waals surface area contributed by atoms with E-state index in [1.807, 2.05) is 20.8 Å². The highest BCUT2D eigenvalue weighted by Crippen LogP contribution is 2.20. The van der Waals surface area contributed by atoms with Gasteiger partial charge in [0.05, 0.1) is 5.60 Å². The van der Waals surface area contributed by atoms with E-state index in [0.29, 0.717) is 25.2 Å². The predicted molar refractivity (Wildman–Crippen MR) is 69.8 cm³/mol. The highest BCUT2D eigenvalue weighted by molar-refractivity contribution is 5.54. The van der Waals surface area contributed by atoms with Crippen LogP contribution in [0.3, 0.4) is 0 Å². The number of aliphatic hydroxyl groups is 1. The second kappa shape index (κ2) is 5.82. The number of nitrogens with two attached hydrogens (primary N) is 1. The molecule has 0 amide bonds. The first-order chi connectivity index (χ1) is 8.06. The zero-order chi connectivity index (χ0) is 12.9.